The number of amides is 1. The summed E-state index contributed by atoms with van der Waals surface area (Å²) >= 11 is 0. The summed E-state index contributed by atoms with van der Waals surface area (Å²) in [5.41, 5.74) is 3.52. The van der Waals surface area contributed by atoms with Crippen LogP contribution < -0.4 is 14.8 Å². The zero-order valence-corrected chi connectivity index (χ0v) is 15.6. The highest BCUT2D eigenvalue weighted by Gasteiger charge is 2.21. The van der Waals surface area contributed by atoms with Crippen molar-refractivity contribution in [3.63, 3.8) is 0 Å². The van der Waals surface area contributed by atoms with Crippen molar-refractivity contribution in [3.8, 4) is 11.5 Å². The third kappa shape index (κ3) is 4.99. The Labute approximate surface area is 150 Å². The van der Waals surface area contributed by atoms with E-state index in [0.29, 0.717) is 12.2 Å². The van der Waals surface area contributed by atoms with Gasteiger partial charge in [0.1, 0.15) is 11.5 Å². The van der Waals surface area contributed by atoms with Crippen LogP contribution in [0.4, 0.5) is 0 Å². The first-order valence-electron chi connectivity index (χ1n) is 8.62. The summed E-state index contributed by atoms with van der Waals surface area (Å²) in [5.74, 6) is 1.31. The molecule has 2 atom stereocenters. The topological polar surface area (TPSA) is 47.6 Å². The molecule has 0 aliphatic rings. The van der Waals surface area contributed by atoms with Gasteiger partial charge in [0.2, 0.25) is 0 Å². The number of ether oxygens (including phenoxy) is 2. The van der Waals surface area contributed by atoms with E-state index in [9.17, 15) is 4.79 Å². The summed E-state index contributed by atoms with van der Waals surface area (Å²) in [6.45, 7) is 8.07. The zero-order chi connectivity index (χ0) is 18.4. The highest BCUT2D eigenvalue weighted by molar-refractivity contribution is 5.81. The van der Waals surface area contributed by atoms with E-state index >= 15 is 0 Å². The first-order valence-corrected chi connectivity index (χ1v) is 8.62. The van der Waals surface area contributed by atoms with E-state index in [1.54, 1.807) is 7.11 Å². The second-order valence-corrected chi connectivity index (χ2v) is 6.28. The fraction of sp³-hybridized carbons (Fsp3) is 0.381. The van der Waals surface area contributed by atoms with Gasteiger partial charge in [0.25, 0.3) is 5.91 Å². The molecule has 0 saturated heterocycles. The quantitative estimate of drug-likeness (QED) is 0.814. The molecule has 2 unspecified atom stereocenters. The van der Waals surface area contributed by atoms with Crippen LogP contribution in [0.5, 0.6) is 11.5 Å². The fourth-order valence-electron chi connectivity index (χ4n) is 2.84. The molecule has 2 aromatic rings. The Hall–Kier alpha value is -2.49. The lowest BCUT2D eigenvalue weighted by Gasteiger charge is -2.22. The van der Waals surface area contributed by atoms with Crippen molar-refractivity contribution in [3.05, 3.63) is 59.2 Å². The molecule has 0 heterocycles. The highest BCUT2D eigenvalue weighted by atomic mass is 16.5. The Bertz CT molecular complexity index is 710. The first kappa shape index (κ1) is 18.8. The molecule has 4 nitrogen and oxygen atoms in total. The molecule has 134 valence electrons. The van der Waals surface area contributed by atoms with Gasteiger partial charge in [-0.05, 0) is 62.6 Å². The van der Waals surface area contributed by atoms with E-state index in [-0.39, 0.29) is 11.9 Å². The van der Waals surface area contributed by atoms with Crippen LogP contribution in [0.15, 0.2) is 42.5 Å². The fourth-order valence-corrected chi connectivity index (χ4v) is 2.84. The molecule has 0 aliphatic heterocycles. The number of carbonyl (C=O) groups is 1. The summed E-state index contributed by atoms with van der Waals surface area (Å²) in [4.78, 5) is 12.6. The molecule has 0 fully saturated rings. The number of benzene rings is 2. The standard InChI is InChI=1S/C21H27NO3/c1-6-20(25-18-10-8-17(24-5)9-11-18)21(23)22-16(4)19-12-7-14(2)13-15(19)3/h7-13,16,20H,6H2,1-5H3,(H,22,23). The van der Waals surface area contributed by atoms with Gasteiger partial charge >= 0.3 is 0 Å². The summed E-state index contributed by atoms with van der Waals surface area (Å²) in [6, 6.07) is 13.4. The van der Waals surface area contributed by atoms with Gasteiger partial charge in [0.05, 0.1) is 13.2 Å². The molecule has 0 aromatic heterocycles. The molecule has 0 radical (unpaired) electrons. The Balaban J connectivity index is 2.03. The Morgan fingerprint density at radius 3 is 2.28 bits per heavy atom. The lowest BCUT2D eigenvalue weighted by atomic mass is 10.00. The lowest BCUT2D eigenvalue weighted by Crippen LogP contribution is -2.39. The van der Waals surface area contributed by atoms with Crippen LogP contribution in [0.25, 0.3) is 0 Å². The van der Waals surface area contributed by atoms with E-state index in [1.165, 1.54) is 11.1 Å². The molecule has 0 spiro atoms. The van der Waals surface area contributed by atoms with E-state index < -0.39 is 6.10 Å². The third-order valence-electron chi connectivity index (χ3n) is 4.25. The predicted molar refractivity (Wildman–Crippen MR) is 100 cm³/mol. The average Bonchev–Trinajstić information content (AvgIpc) is 2.59. The molecule has 2 aromatic carbocycles. The number of hydrogen-bond acceptors (Lipinski definition) is 3. The van der Waals surface area contributed by atoms with Crippen molar-refractivity contribution in [2.24, 2.45) is 0 Å². The molecule has 0 aliphatic carbocycles. The van der Waals surface area contributed by atoms with Crippen LogP contribution >= 0.6 is 0 Å². The molecule has 0 saturated carbocycles. The van der Waals surface area contributed by atoms with Gasteiger partial charge in [-0.25, -0.2) is 0 Å². The van der Waals surface area contributed by atoms with Gasteiger partial charge in [-0.2, -0.15) is 0 Å². The molecule has 0 bridgehead atoms. The third-order valence-corrected chi connectivity index (χ3v) is 4.25. The van der Waals surface area contributed by atoms with Crippen LogP contribution in [-0.2, 0) is 4.79 Å². The molecular weight excluding hydrogens is 314 g/mol. The van der Waals surface area contributed by atoms with Crippen LogP contribution in [-0.4, -0.2) is 19.1 Å². The van der Waals surface area contributed by atoms with Gasteiger partial charge in [-0.15, -0.1) is 0 Å². The van der Waals surface area contributed by atoms with Crippen molar-refractivity contribution in [1.29, 1.82) is 0 Å². The monoisotopic (exact) mass is 341 g/mol. The van der Waals surface area contributed by atoms with E-state index in [0.717, 1.165) is 11.3 Å². The molecule has 2 rings (SSSR count). The minimum absolute atomic E-state index is 0.0679. The summed E-state index contributed by atoms with van der Waals surface area (Å²) in [5, 5.41) is 3.06. The lowest BCUT2D eigenvalue weighted by molar-refractivity contribution is -0.128. The van der Waals surface area contributed by atoms with Gasteiger partial charge < -0.3 is 14.8 Å². The van der Waals surface area contributed by atoms with Crippen LogP contribution in [0, 0.1) is 13.8 Å². The van der Waals surface area contributed by atoms with Gasteiger partial charge in [0, 0.05) is 0 Å². The highest BCUT2D eigenvalue weighted by Crippen LogP contribution is 2.21. The van der Waals surface area contributed by atoms with Crippen molar-refractivity contribution in [1.82, 2.24) is 5.32 Å². The summed E-state index contributed by atoms with van der Waals surface area (Å²) in [6.07, 6.45) is 0.0684. The number of aryl methyl sites for hydroxylation is 2. The van der Waals surface area contributed by atoms with E-state index in [2.05, 4.69) is 37.4 Å². The number of hydrogen-bond donors (Lipinski definition) is 1. The van der Waals surface area contributed by atoms with Crippen LogP contribution in [0.2, 0.25) is 0 Å². The maximum atomic E-state index is 12.6. The normalized spacial score (nSPS) is 13.0. The Morgan fingerprint density at radius 1 is 1.08 bits per heavy atom. The summed E-state index contributed by atoms with van der Waals surface area (Å²) < 4.78 is 11.0. The van der Waals surface area contributed by atoms with Gasteiger partial charge in [-0.3, -0.25) is 4.79 Å². The molecule has 1 amide bonds. The van der Waals surface area contributed by atoms with Crippen molar-refractivity contribution in [2.75, 3.05) is 7.11 Å². The molecular formula is C21H27NO3. The first-order chi connectivity index (χ1) is 11.9. The van der Waals surface area contributed by atoms with Gasteiger partial charge in [0.15, 0.2) is 6.10 Å². The smallest absolute Gasteiger partial charge is 0.261 e. The second-order valence-electron chi connectivity index (χ2n) is 6.28. The SMILES string of the molecule is CCC(Oc1ccc(OC)cc1)C(=O)NC(C)c1ccc(C)cc1C. The number of methoxy groups -OCH3 is 1. The number of carbonyl (C=O) groups excluding carboxylic acids is 1. The summed E-state index contributed by atoms with van der Waals surface area (Å²) in [7, 11) is 1.62. The zero-order valence-electron chi connectivity index (χ0n) is 15.6. The minimum atomic E-state index is -0.526. The van der Waals surface area contributed by atoms with Crippen molar-refractivity contribution in [2.45, 2.75) is 46.3 Å². The Morgan fingerprint density at radius 2 is 1.72 bits per heavy atom. The van der Waals surface area contributed by atoms with Crippen molar-refractivity contribution >= 4 is 5.91 Å². The van der Waals surface area contributed by atoms with Crippen LogP contribution in [0.1, 0.15) is 43.0 Å². The number of nitrogens with one attached hydrogen (secondary N) is 1. The van der Waals surface area contributed by atoms with E-state index in [1.807, 2.05) is 38.1 Å². The van der Waals surface area contributed by atoms with Crippen LogP contribution in [0.3, 0.4) is 0 Å². The predicted octanol–water partition coefficient (Wildman–Crippen LogP) is 4.35. The number of rotatable bonds is 7. The molecule has 1 N–H and O–H groups in total. The minimum Gasteiger partial charge on any atom is -0.497 e. The molecule has 4 heteroatoms. The second kappa shape index (κ2) is 8.56. The van der Waals surface area contributed by atoms with Crippen molar-refractivity contribution < 1.29 is 14.3 Å². The van der Waals surface area contributed by atoms with Gasteiger partial charge in [-0.1, -0.05) is 30.7 Å². The maximum Gasteiger partial charge on any atom is 0.261 e. The average molecular weight is 341 g/mol. The van der Waals surface area contributed by atoms with E-state index in [4.69, 9.17) is 9.47 Å². The Kier molecular flexibility index (Phi) is 6.45. The molecule has 25 heavy (non-hydrogen) atoms. The largest absolute Gasteiger partial charge is 0.497 e. The maximum absolute atomic E-state index is 12.6.